The predicted octanol–water partition coefficient (Wildman–Crippen LogP) is 1.94. The van der Waals surface area contributed by atoms with Crippen molar-refractivity contribution in [2.24, 2.45) is 11.1 Å². The molecule has 0 heterocycles. The number of rotatable bonds is 2. The summed E-state index contributed by atoms with van der Waals surface area (Å²) in [4.78, 5) is 0. The molecular weight excluding hydrogens is 110 g/mol. The van der Waals surface area contributed by atoms with E-state index in [2.05, 4.69) is 20.4 Å². The molecule has 0 aliphatic heterocycles. The van der Waals surface area contributed by atoms with Gasteiger partial charge in [0.1, 0.15) is 0 Å². The van der Waals surface area contributed by atoms with Crippen molar-refractivity contribution in [3.8, 4) is 0 Å². The topological polar surface area (TPSA) is 26.0 Å². The molecule has 0 aliphatic carbocycles. The van der Waals surface area contributed by atoms with Crippen LogP contribution in [0.1, 0.15) is 27.7 Å². The van der Waals surface area contributed by atoms with E-state index in [9.17, 15) is 0 Å². The fourth-order valence-electron chi connectivity index (χ4n) is 0.389. The lowest BCUT2D eigenvalue weighted by atomic mass is 9.80. The van der Waals surface area contributed by atoms with Crippen molar-refractivity contribution in [1.29, 1.82) is 0 Å². The molecule has 0 radical (unpaired) electrons. The standard InChI is InChI=1S/C8H17N/c1-6(2)8(4,5)7(3)9/h7H,1,9H2,2-5H3. The van der Waals surface area contributed by atoms with Gasteiger partial charge in [-0.25, -0.2) is 0 Å². The molecule has 0 amide bonds. The molecule has 1 heteroatoms. The first kappa shape index (κ1) is 8.70. The minimum Gasteiger partial charge on any atom is -0.327 e. The second-order valence-electron chi connectivity index (χ2n) is 3.29. The summed E-state index contributed by atoms with van der Waals surface area (Å²) in [5.74, 6) is 0. The average molecular weight is 127 g/mol. The van der Waals surface area contributed by atoms with Crippen molar-refractivity contribution >= 4 is 0 Å². The normalized spacial score (nSPS) is 15.2. The Morgan fingerprint density at radius 1 is 1.56 bits per heavy atom. The van der Waals surface area contributed by atoms with Crippen LogP contribution in [-0.2, 0) is 0 Å². The summed E-state index contributed by atoms with van der Waals surface area (Å²) in [5.41, 5.74) is 6.94. The minimum absolute atomic E-state index is 0.0833. The van der Waals surface area contributed by atoms with Crippen LogP contribution in [0.25, 0.3) is 0 Å². The van der Waals surface area contributed by atoms with E-state index in [1.807, 2.05) is 13.8 Å². The lowest BCUT2D eigenvalue weighted by molar-refractivity contribution is 0.369. The van der Waals surface area contributed by atoms with Crippen molar-refractivity contribution < 1.29 is 0 Å². The lowest BCUT2D eigenvalue weighted by Crippen LogP contribution is -2.34. The Kier molecular flexibility index (Phi) is 2.44. The van der Waals surface area contributed by atoms with Gasteiger partial charge in [-0.2, -0.15) is 0 Å². The fourth-order valence-corrected chi connectivity index (χ4v) is 0.389. The fraction of sp³-hybridized carbons (Fsp3) is 0.750. The van der Waals surface area contributed by atoms with Crippen molar-refractivity contribution in [1.82, 2.24) is 0 Å². The minimum atomic E-state index is 0.0833. The van der Waals surface area contributed by atoms with Gasteiger partial charge in [0.2, 0.25) is 0 Å². The molecule has 1 unspecified atom stereocenters. The summed E-state index contributed by atoms with van der Waals surface area (Å²) >= 11 is 0. The van der Waals surface area contributed by atoms with Gasteiger partial charge in [0.15, 0.2) is 0 Å². The maximum atomic E-state index is 5.71. The molecule has 1 atom stereocenters. The number of hydrogen-bond acceptors (Lipinski definition) is 1. The monoisotopic (exact) mass is 127 g/mol. The molecule has 54 valence electrons. The molecule has 9 heavy (non-hydrogen) atoms. The molecule has 0 aromatic heterocycles. The van der Waals surface area contributed by atoms with E-state index < -0.39 is 0 Å². The van der Waals surface area contributed by atoms with E-state index in [-0.39, 0.29) is 11.5 Å². The van der Waals surface area contributed by atoms with Crippen molar-refractivity contribution in [2.75, 3.05) is 0 Å². The molecular formula is C8H17N. The van der Waals surface area contributed by atoms with Crippen LogP contribution in [0.2, 0.25) is 0 Å². The summed E-state index contributed by atoms with van der Waals surface area (Å²) in [6, 6.07) is 0.190. The van der Waals surface area contributed by atoms with Gasteiger partial charge in [0.05, 0.1) is 0 Å². The third kappa shape index (κ3) is 1.83. The highest BCUT2D eigenvalue weighted by molar-refractivity contribution is 5.06. The lowest BCUT2D eigenvalue weighted by Gasteiger charge is -2.29. The van der Waals surface area contributed by atoms with Crippen LogP contribution in [0.5, 0.6) is 0 Å². The van der Waals surface area contributed by atoms with Gasteiger partial charge in [0, 0.05) is 6.04 Å². The van der Waals surface area contributed by atoms with Crippen LogP contribution >= 0.6 is 0 Å². The Morgan fingerprint density at radius 2 is 1.89 bits per heavy atom. The molecule has 0 spiro atoms. The quantitative estimate of drug-likeness (QED) is 0.564. The Bertz CT molecular complexity index is 112. The van der Waals surface area contributed by atoms with Crippen molar-refractivity contribution in [2.45, 2.75) is 33.7 Å². The first-order chi connectivity index (χ1) is 3.89. The summed E-state index contributed by atoms with van der Waals surface area (Å²) in [5, 5.41) is 0. The molecule has 0 rings (SSSR count). The Labute approximate surface area is 57.9 Å². The van der Waals surface area contributed by atoms with E-state index in [1.54, 1.807) is 0 Å². The summed E-state index contributed by atoms with van der Waals surface area (Å²) in [6.45, 7) is 12.1. The van der Waals surface area contributed by atoms with E-state index in [1.165, 1.54) is 0 Å². The molecule has 0 aromatic rings. The largest absolute Gasteiger partial charge is 0.327 e. The van der Waals surface area contributed by atoms with E-state index >= 15 is 0 Å². The zero-order valence-electron chi connectivity index (χ0n) is 6.86. The highest BCUT2D eigenvalue weighted by Gasteiger charge is 2.22. The number of nitrogens with two attached hydrogens (primary N) is 1. The Balaban J connectivity index is 4.19. The molecule has 0 aliphatic rings. The molecule has 0 bridgehead atoms. The van der Waals surface area contributed by atoms with Crippen LogP contribution in [0, 0.1) is 5.41 Å². The van der Waals surface area contributed by atoms with Gasteiger partial charge in [-0.1, -0.05) is 26.0 Å². The molecule has 0 aromatic carbocycles. The van der Waals surface area contributed by atoms with Crippen molar-refractivity contribution in [3.05, 3.63) is 12.2 Å². The zero-order valence-corrected chi connectivity index (χ0v) is 6.86. The van der Waals surface area contributed by atoms with E-state index in [0.717, 1.165) is 5.57 Å². The van der Waals surface area contributed by atoms with E-state index in [4.69, 9.17) is 5.73 Å². The molecule has 1 nitrogen and oxygen atoms in total. The van der Waals surface area contributed by atoms with Crippen LogP contribution in [0.15, 0.2) is 12.2 Å². The predicted molar refractivity (Wildman–Crippen MR) is 42.2 cm³/mol. The summed E-state index contributed by atoms with van der Waals surface area (Å²) < 4.78 is 0. The zero-order chi connectivity index (χ0) is 7.65. The van der Waals surface area contributed by atoms with Crippen LogP contribution in [0.4, 0.5) is 0 Å². The maximum Gasteiger partial charge on any atom is 0.00989 e. The molecule has 0 saturated heterocycles. The highest BCUT2D eigenvalue weighted by Crippen LogP contribution is 2.26. The van der Waals surface area contributed by atoms with Crippen LogP contribution in [0.3, 0.4) is 0 Å². The first-order valence-electron chi connectivity index (χ1n) is 3.30. The van der Waals surface area contributed by atoms with Crippen LogP contribution < -0.4 is 5.73 Å². The second-order valence-corrected chi connectivity index (χ2v) is 3.29. The van der Waals surface area contributed by atoms with Gasteiger partial charge in [0.25, 0.3) is 0 Å². The van der Waals surface area contributed by atoms with Gasteiger partial charge in [-0.3, -0.25) is 0 Å². The Hall–Kier alpha value is -0.300. The third-order valence-corrected chi connectivity index (χ3v) is 2.24. The third-order valence-electron chi connectivity index (χ3n) is 2.24. The highest BCUT2D eigenvalue weighted by atomic mass is 14.7. The van der Waals surface area contributed by atoms with Gasteiger partial charge < -0.3 is 5.73 Å². The number of hydrogen-bond donors (Lipinski definition) is 1. The van der Waals surface area contributed by atoms with Gasteiger partial charge in [-0.15, -0.1) is 0 Å². The second kappa shape index (κ2) is 2.53. The molecule has 0 saturated carbocycles. The summed E-state index contributed by atoms with van der Waals surface area (Å²) in [6.07, 6.45) is 0. The smallest absolute Gasteiger partial charge is 0.00989 e. The maximum absolute atomic E-state index is 5.71. The SMILES string of the molecule is C=C(C)C(C)(C)C(C)N. The first-order valence-corrected chi connectivity index (χ1v) is 3.30. The van der Waals surface area contributed by atoms with E-state index in [0.29, 0.717) is 0 Å². The molecule has 2 N–H and O–H groups in total. The Morgan fingerprint density at radius 3 is 1.89 bits per heavy atom. The van der Waals surface area contributed by atoms with Gasteiger partial charge >= 0.3 is 0 Å². The molecule has 0 fully saturated rings. The van der Waals surface area contributed by atoms with Gasteiger partial charge in [-0.05, 0) is 19.3 Å². The van der Waals surface area contributed by atoms with Crippen molar-refractivity contribution in [3.63, 3.8) is 0 Å². The summed E-state index contributed by atoms with van der Waals surface area (Å²) in [7, 11) is 0. The van der Waals surface area contributed by atoms with Crippen LogP contribution in [-0.4, -0.2) is 6.04 Å². The average Bonchev–Trinajstić information content (AvgIpc) is 1.65.